The second kappa shape index (κ2) is 8.35. The van der Waals surface area contributed by atoms with E-state index in [0.29, 0.717) is 11.4 Å². The van der Waals surface area contributed by atoms with Crippen LogP contribution >= 0.6 is 11.6 Å². The summed E-state index contributed by atoms with van der Waals surface area (Å²) >= 11 is 5.91. The van der Waals surface area contributed by atoms with Gasteiger partial charge in [0.25, 0.3) is 0 Å². The zero-order chi connectivity index (χ0) is 20.2. The lowest BCUT2D eigenvalue weighted by atomic mass is 10.1. The van der Waals surface area contributed by atoms with Crippen molar-refractivity contribution in [2.75, 3.05) is 12.4 Å². The average Bonchev–Trinajstić information content (AvgIpc) is 2.54. The second-order valence-electron chi connectivity index (χ2n) is 6.88. The molecule has 0 aliphatic carbocycles. The van der Waals surface area contributed by atoms with Crippen molar-refractivity contribution in [3.05, 3.63) is 46.4 Å². The van der Waals surface area contributed by atoms with Crippen LogP contribution in [-0.2, 0) is 20.7 Å². The number of benzene rings is 1. The Bertz CT molecular complexity index is 845. The normalized spacial score (nSPS) is 11.0. The smallest absolute Gasteiger partial charge is 0.343 e. The van der Waals surface area contributed by atoms with E-state index in [1.165, 1.54) is 7.11 Å². The van der Waals surface area contributed by atoms with Gasteiger partial charge in [0.15, 0.2) is 0 Å². The lowest BCUT2D eigenvalue weighted by molar-refractivity contribution is -0.153. The zero-order valence-corrected chi connectivity index (χ0v) is 16.7. The molecule has 1 heterocycles. The van der Waals surface area contributed by atoms with E-state index < -0.39 is 11.6 Å². The van der Waals surface area contributed by atoms with Crippen molar-refractivity contribution < 1.29 is 19.1 Å². The molecule has 1 aromatic heterocycles. The van der Waals surface area contributed by atoms with Crippen molar-refractivity contribution in [3.8, 4) is 0 Å². The minimum Gasteiger partial charge on any atom is -0.465 e. The van der Waals surface area contributed by atoms with Gasteiger partial charge < -0.3 is 14.8 Å². The largest absolute Gasteiger partial charge is 0.465 e. The number of nitrogens with one attached hydrogen (secondary N) is 1. The van der Waals surface area contributed by atoms with Gasteiger partial charge in [-0.3, -0.25) is 4.79 Å². The third kappa shape index (κ3) is 5.92. The average molecular weight is 392 g/mol. The minimum atomic E-state index is -0.562. The Morgan fingerprint density at radius 3 is 2.33 bits per heavy atom. The number of ether oxygens (including phenoxy) is 2. The van der Waals surface area contributed by atoms with Crippen LogP contribution in [0.1, 0.15) is 42.4 Å². The van der Waals surface area contributed by atoms with Crippen molar-refractivity contribution >= 4 is 35.0 Å². The molecule has 27 heavy (non-hydrogen) atoms. The Morgan fingerprint density at radius 2 is 1.78 bits per heavy atom. The van der Waals surface area contributed by atoms with Gasteiger partial charge in [0, 0.05) is 5.69 Å². The molecule has 7 nitrogen and oxygen atoms in total. The fourth-order valence-corrected chi connectivity index (χ4v) is 2.57. The lowest BCUT2D eigenvalue weighted by Crippen LogP contribution is -2.24. The topological polar surface area (TPSA) is 90.4 Å². The van der Waals surface area contributed by atoms with E-state index in [0.717, 1.165) is 5.56 Å². The molecule has 0 spiro atoms. The maximum atomic E-state index is 12.0. The Morgan fingerprint density at radius 1 is 1.15 bits per heavy atom. The van der Waals surface area contributed by atoms with Crippen molar-refractivity contribution in [1.29, 1.82) is 0 Å². The van der Waals surface area contributed by atoms with Crippen LogP contribution in [0.3, 0.4) is 0 Å². The summed E-state index contributed by atoms with van der Waals surface area (Å²) < 4.78 is 10.1. The first-order chi connectivity index (χ1) is 12.6. The quantitative estimate of drug-likeness (QED) is 0.611. The number of carbonyl (C=O) groups excluding carboxylic acids is 2. The van der Waals surface area contributed by atoms with Crippen LogP contribution in [0.15, 0.2) is 24.3 Å². The molecule has 2 rings (SSSR count). The fourth-order valence-electron chi connectivity index (χ4n) is 2.36. The zero-order valence-electron chi connectivity index (χ0n) is 15.9. The summed E-state index contributed by atoms with van der Waals surface area (Å²) in [4.78, 5) is 32.0. The molecule has 0 bridgehead atoms. The number of anilines is 2. The van der Waals surface area contributed by atoms with E-state index >= 15 is 0 Å². The maximum absolute atomic E-state index is 12.0. The van der Waals surface area contributed by atoms with Gasteiger partial charge in [-0.05, 0) is 57.0 Å². The molecule has 144 valence electrons. The monoisotopic (exact) mass is 391 g/mol. The van der Waals surface area contributed by atoms with Gasteiger partial charge in [0.2, 0.25) is 5.28 Å². The van der Waals surface area contributed by atoms with Gasteiger partial charge in [-0.2, -0.15) is 4.98 Å². The molecule has 0 aliphatic rings. The molecule has 0 saturated heterocycles. The van der Waals surface area contributed by atoms with Gasteiger partial charge in [0.1, 0.15) is 17.0 Å². The molecule has 0 fully saturated rings. The number of aryl methyl sites for hydroxylation is 1. The highest BCUT2D eigenvalue weighted by Gasteiger charge is 2.20. The molecule has 0 amide bonds. The molecule has 0 unspecified atom stereocenters. The predicted molar refractivity (Wildman–Crippen MR) is 102 cm³/mol. The summed E-state index contributed by atoms with van der Waals surface area (Å²) in [5.41, 5.74) is 1.57. The van der Waals surface area contributed by atoms with Crippen molar-refractivity contribution in [2.24, 2.45) is 0 Å². The molecular weight excluding hydrogens is 370 g/mol. The van der Waals surface area contributed by atoms with Crippen molar-refractivity contribution in [1.82, 2.24) is 9.97 Å². The number of methoxy groups -OCH3 is 1. The molecule has 1 aromatic carbocycles. The number of rotatable bonds is 5. The summed E-state index contributed by atoms with van der Waals surface area (Å²) in [7, 11) is 1.28. The minimum absolute atomic E-state index is 0.0178. The lowest BCUT2D eigenvalue weighted by Gasteiger charge is -2.19. The SMILES string of the molecule is COC(=O)c1c(C)nc(Cl)nc1Nc1ccc(CC(=O)OC(C)(C)C)cc1. The van der Waals surface area contributed by atoms with E-state index in [4.69, 9.17) is 21.1 Å². The molecule has 1 N–H and O–H groups in total. The number of carbonyl (C=O) groups is 2. The fraction of sp³-hybridized carbons (Fsp3) is 0.368. The molecule has 0 radical (unpaired) electrons. The van der Waals surface area contributed by atoms with Crippen LogP contribution in [0.2, 0.25) is 5.28 Å². The van der Waals surface area contributed by atoms with Gasteiger partial charge in [-0.1, -0.05) is 12.1 Å². The highest BCUT2D eigenvalue weighted by Crippen LogP contribution is 2.24. The molecule has 2 aromatic rings. The first kappa shape index (κ1) is 20.6. The van der Waals surface area contributed by atoms with Crippen LogP contribution < -0.4 is 5.32 Å². The second-order valence-corrected chi connectivity index (χ2v) is 7.22. The van der Waals surface area contributed by atoms with E-state index in [1.54, 1.807) is 31.2 Å². The highest BCUT2D eigenvalue weighted by atomic mass is 35.5. The summed E-state index contributed by atoms with van der Waals surface area (Å²) in [6.45, 7) is 7.12. The van der Waals surface area contributed by atoms with Crippen LogP contribution in [-0.4, -0.2) is 34.6 Å². The third-order valence-electron chi connectivity index (χ3n) is 3.44. The summed E-state index contributed by atoms with van der Waals surface area (Å²) in [5.74, 6) is -0.609. The highest BCUT2D eigenvalue weighted by molar-refractivity contribution is 6.28. The molecule has 8 heteroatoms. The van der Waals surface area contributed by atoms with Crippen molar-refractivity contribution in [2.45, 2.75) is 39.7 Å². The van der Waals surface area contributed by atoms with E-state index in [2.05, 4.69) is 15.3 Å². The third-order valence-corrected chi connectivity index (χ3v) is 3.61. The molecular formula is C19H22ClN3O4. The molecule has 0 saturated carbocycles. The van der Waals surface area contributed by atoms with E-state index in [1.807, 2.05) is 20.8 Å². The first-order valence-corrected chi connectivity index (χ1v) is 8.67. The van der Waals surface area contributed by atoms with E-state index in [9.17, 15) is 9.59 Å². The standard InChI is InChI=1S/C19H22ClN3O4/c1-11-15(17(25)26-5)16(23-18(20)21-11)22-13-8-6-12(7-9-13)10-14(24)27-19(2,3)4/h6-9H,10H2,1-5H3,(H,21,22,23). The van der Waals surface area contributed by atoms with Gasteiger partial charge >= 0.3 is 11.9 Å². The summed E-state index contributed by atoms with van der Waals surface area (Å²) in [6.07, 6.45) is 0.170. The number of esters is 2. The Hall–Kier alpha value is -2.67. The summed E-state index contributed by atoms with van der Waals surface area (Å²) in [6, 6.07) is 7.12. The molecule has 0 aliphatic heterocycles. The van der Waals surface area contributed by atoms with Crippen LogP contribution in [0.5, 0.6) is 0 Å². The van der Waals surface area contributed by atoms with E-state index in [-0.39, 0.29) is 29.1 Å². The molecule has 0 atom stereocenters. The van der Waals surface area contributed by atoms with Crippen LogP contribution in [0, 0.1) is 6.92 Å². The Balaban J connectivity index is 2.18. The van der Waals surface area contributed by atoms with Gasteiger partial charge in [-0.25, -0.2) is 9.78 Å². The number of hydrogen-bond donors (Lipinski definition) is 1. The van der Waals surface area contributed by atoms with Gasteiger partial charge in [-0.15, -0.1) is 0 Å². The van der Waals surface area contributed by atoms with Crippen molar-refractivity contribution in [3.63, 3.8) is 0 Å². The Labute approximate surface area is 163 Å². The van der Waals surface area contributed by atoms with Crippen LogP contribution in [0.25, 0.3) is 0 Å². The maximum Gasteiger partial charge on any atom is 0.343 e. The first-order valence-electron chi connectivity index (χ1n) is 8.29. The number of aromatic nitrogens is 2. The number of halogens is 1. The number of nitrogens with zero attached hydrogens (tertiary/aromatic N) is 2. The predicted octanol–water partition coefficient (Wildman–Crippen LogP) is 3.85. The van der Waals surface area contributed by atoms with Crippen LogP contribution in [0.4, 0.5) is 11.5 Å². The number of hydrogen-bond acceptors (Lipinski definition) is 7. The summed E-state index contributed by atoms with van der Waals surface area (Å²) in [5, 5.41) is 3.05. The Kier molecular flexibility index (Phi) is 6.38. The van der Waals surface area contributed by atoms with Gasteiger partial charge in [0.05, 0.1) is 19.2 Å².